The van der Waals surface area contributed by atoms with E-state index in [1.165, 1.54) is 6.42 Å². The normalized spacial score (nSPS) is 15.3. The van der Waals surface area contributed by atoms with Gasteiger partial charge in [0.25, 0.3) is 0 Å². The van der Waals surface area contributed by atoms with Crippen LogP contribution in [0.5, 0.6) is 0 Å². The van der Waals surface area contributed by atoms with Gasteiger partial charge in [0.05, 0.1) is 11.9 Å². The molecule has 6 nitrogen and oxygen atoms in total. The van der Waals surface area contributed by atoms with Gasteiger partial charge in [-0.05, 0) is 18.9 Å². The number of aromatic nitrogens is 4. The molecule has 1 saturated carbocycles. The van der Waals surface area contributed by atoms with E-state index in [-0.39, 0.29) is 5.69 Å². The van der Waals surface area contributed by atoms with Crippen LogP contribution in [-0.4, -0.2) is 30.8 Å². The number of aromatic carboxylic acids is 1. The second-order valence-corrected chi connectivity index (χ2v) is 4.36. The molecule has 0 unspecified atom stereocenters. The molecule has 6 heteroatoms. The van der Waals surface area contributed by atoms with Crippen molar-refractivity contribution in [1.82, 2.24) is 19.7 Å². The molecule has 0 atom stereocenters. The van der Waals surface area contributed by atoms with Gasteiger partial charge < -0.3 is 5.11 Å². The number of hydrogen-bond acceptors (Lipinski definition) is 4. The van der Waals surface area contributed by atoms with E-state index in [0.717, 1.165) is 18.5 Å². The van der Waals surface area contributed by atoms with Crippen molar-refractivity contribution in [2.75, 3.05) is 0 Å². The summed E-state index contributed by atoms with van der Waals surface area (Å²) in [6.45, 7) is 0. The number of hydrogen-bond donors (Lipinski definition) is 1. The minimum atomic E-state index is -1.02. The number of rotatable bonds is 3. The summed E-state index contributed by atoms with van der Waals surface area (Å²) < 4.78 is 1.60. The summed E-state index contributed by atoms with van der Waals surface area (Å²) in [7, 11) is 0. The third-order valence-electron chi connectivity index (χ3n) is 3.25. The molecule has 2 aromatic rings. The molecule has 0 amide bonds. The average molecular weight is 244 g/mol. The van der Waals surface area contributed by atoms with Crippen LogP contribution in [0.15, 0.2) is 24.7 Å². The summed E-state index contributed by atoms with van der Waals surface area (Å²) in [5, 5.41) is 13.1. The SMILES string of the molecule is O=C(O)c1cc(C2CCC2)n(-c2cnccn2)n1. The molecule has 2 heterocycles. The molecule has 0 spiro atoms. The highest BCUT2D eigenvalue weighted by Gasteiger charge is 2.26. The molecule has 1 fully saturated rings. The maximum atomic E-state index is 11.0. The minimum Gasteiger partial charge on any atom is -0.476 e. The Hall–Kier alpha value is -2.24. The quantitative estimate of drug-likeness (QED) is 0.887. The predicted octanol–water partition coefficient (Wildman–Crippen LogP) is 1.63. The average Bonchev–Trinajstić information content (AvgIpc) is 2.73. The fourth-order valence-corrected chi connectivity index (χ4v) is 2.08. The molecule has 2 aromatic heterocycles. The largest absolute Gasteiger partial charge is 0.476 e. The molecule has 1 aliphatic rings. The molecule has 92 valence electrons. The smallest absolute Gasteiger partial charge is 0.356 e. The van der Waals surface area contributed by atoms with Crippen LogP contribution in [0.4, 0.5) is 0 Å². The number of carboxylic acids is 1. The van der Waals surface area contributed by atoms with E-state index in [4.69, 9.17) is 5.11 Å². The third-order valence-corrected chi connectivity index (χ3v) is 3.25. The van der Waals surface area contributed by atoms with Crippen LogP contribution in [0.3, 0.4) is 0 Å². The topological polar surface area (TPSA) is 80.9 Å². The Labute approximate surface area is 103 Å². The molecule has 18 heavy (non-hydrogen) atoms. The summed E-state index contributed by atoms with van der Waals surface area (Å²) in [4.78, 5) is 19.2. The van der Waals surface area contributed by atoms with Gasteiger partial charge in [0.2, 0.25) is 0 Å². The molecular formula is C12H12N4O2. The third kappa shape index (κ3) is 1.75. The first-order valence-electron chi connectivity index (χ1n) is 5.85. The molecule has 0 radical (unpaired) electrons. The Kier molecular flexibility index (Phi) is 2.55. The zero-order valence-corrected chi connectivity index (χ0v) is 9.65. The van der Waals surface area contributed by atoms with Crippen LogP contribution < -0.4 is 0 Å². The van der Waals surface area contributed by atoms with Crippen LogP contribution in [0, 0.1) is 0 Å². The fourth-order valence-electron chi connectivity index (χ4n) is 2.08. The summed E-state index contributed by atoms with van der Waals surface area (Å²) in [6, 6.07) is 1.64. The molecule has 0 bridgehead atoms. The number of carboxylic acid groups (broad SMARTS) is 1. The zero-order valence-electron chi connectivity index (χ0n) is 9.65. The first kappa shape index (κ1) is 10.9. The van der Waals surface area contributed by atoms with Gasteiger partial charge in [0.15, 0.2) is 11.5 Å². The van der Waals surface area contributed by atoms with Crippen LogP contribution >= 0.6 is 0 Å². The van der Waals surface area contributed by atoms with Gasteiger partial charge in [-0.25, -0.2) is 14.5 Å². The van der Waals surface area contributed by atoms with Crippen molar-refractivity contribution in [3.8, 4) is 5.82 Å². The van der Waals surface area contributed by atoms with Gasteiger partial charge in [-0.15, -0.1) is 0 Å². The Morgan fingerprint density at radius 1 is 1.39 bits per heavy atom. The van der Waals surface area contributed by atoms with E-state index < -0.39 is 5.97 Å². The lowest BCUT2D eigenvalue weighted by atomic mass is 9.83. The standard InChI is InChI=1S/C12H12N4O2/c17-12(18)9-6-10(8-2-1-3-8)16(15-9)11-7-13-4-5-14-11/h4-8H,1-3H2,(H,17,18). The Balaban J connectivity index is 2.08. The number of carbonyl (C=O) groups is 1. The van der Waals surface area contributed by atoms with E-state index in [9.17, 15) is 4.79 Å². The van der Waals surface area contributed by atoms with Crippen molar-refractivity contribution in [1.29, 1.82) is 0 Å². The lowest BCUT2D eigenvalue weighted by molar-refractivity contribution is 0.0690. The molecule has 0 aromatic carbocycles. The molecule has 1 aliphatic carbocycles. The van der Waals surface area contributed by atoms with Crippen LogP contribution in [0.1, 0.15) is 41.4 Å². The van der Waals surface area contributed by atoms with Crippen molar-refractivity contribution >= 4 is 5.97 Å². The van der Waals surface area contributed by atoms with Gasteiger partial charge >= 0.3 is 5.97 Å². The van der Waals surface area contributed by atoms with Gasteiger partial charge in [-0.2, -0.15) is 5.10 Å². The van der Waals surface area contributed by atoms with E-state index in [0.29, 0.717) is 11.7 Å². The Morgan fingerprint density at radius 3 is 2.78 bits per heavy atom. The van der Waals surface area contributed by atoms with Crippen molar-refractivity contribution in [2.24, 2.45) is 0 Å². The number of nitrogens with zero attached hydrogens (tertiary/aromatic N) is 4. The van der Waals surface area contributed by atoms with Crippen LogP contribution in [0.25, 0.3) is 5.82 Å². The van der Waals surface area contributed by atoms with E-state index in [1.807, 2.05) is 0 Å². The molecule has 0 aliphatic heterocycles. The highest BCUT2D eigenvalue weighted by molar-refractivity contribution is 5.85. The van der Waals surface area contributed by atoms with Crippen LogP contribution in [-0.2, 0) is 0 Å². The Morgan fingerprint density at radius 2 is 2.22 bits per heavy atom. The molecular weight excluding hydrogens is 232 g/mol. The maximum Gasteiger partial charge on any atom is 0.356 e. The lowest BCUT2D eigenvalue weighted by Gasteiger charge is -2.25. The fraction of sp³-hybridized carbons (Fsp3) is 0.333. The molecule has 0 saturated heterocycles. The van der Waals surface area contributed by atoms with E-state index >= 15 is 0 Å². The highest BCUT2D eigenvalue weighted by Crippen LogP contribution is 2.37. The summed E-state index contributed by atoms with van der Waals surface area (Å²) in [5.74, 6) is -0.0716. The zero-order chi connectivity index (χ0) is 12.5. The van der Waals surface area contributed by atoms with Gasteiger partial charge in [0, 0.05) is 18.3 Å². The monoisotopic (exact) mass is 244 g/mol. The van der Waals surface area contributed by atoms with Crippen molar-refractivity contribution < 1.29 is 9.90 Å². The van der Waals surface area contributed by atoms with Crippen molar-refractivity contribution in [3.63, 3.8) is 0 Å². The van der Waals surface area contributed by atoms with E-state index in [1.54, 1.807) is 29.3 Å². The Bertz CT molecular complexity index is 575. The lowest BCUT2D eigenvalue weighted by Crippen LogP contribution is -2.14. The van der Waals surface area contributed by atoms with Crippen molar-refractivity contribution in [3.05, 3.63) is 36.0 Å². The van der Waals surface area contributed by atoms with Gasteiger partial charge in [-0.1, -0.05) is 6.42 Å². The van der Waals surface area contributed by atoms with Gasteiger partial charge in [-0.3, -0.25) is 4.98 Å². The van der Waals surface area contributed by atoms with Gasteiger partial charge in [0.1, 0.15) is 0 Å². The highest BCUT2D eigenvalue weighted by atomic mass is 16.4. The first-order valence-corrected chi connectivity index (χ1v) is 5.85. The summed E-state index contributed by atoms with van der Waals surface area (Å²) >= 11 is 0. The second kappa shape index (κ2) is 4.21. The summed E-state index contributed by atoms with van der Waals surface area (Å²) in [5.41, 5.74) is 0.974. The minimum absolute atomic E-state index is 0.0579. The second-order valence-electron chi connectivity index (χ2n) is 4.36. The maximum absolute atomic E-state index is 11.0. The van der Waals surface area contributed by atoms with Crippen molar-refractivity contribution in [2.45, 2.75) is 25.2 Å². The molecule has 3 rings (SSSR count). The molecule has 1 N–H and O–H groups in total. The van der Waals surface area contributed by atoms with Crippen LogP contribution in [0.2, 0.25) is 0 Å². The van der Waals surface area contributed by atoms with E-state index in [2.05, 4.69) is 15.1 Å². The predicted molar refractivity (Wildman–Crippen MR) is 62.7 cm³/mol. The summed E-state index contributed by atoms with van der Waals surface area (Å²) in [6.07, 6.45) is 8.06. The first-order chi connectivity index (χ1) is 8.75.